The predicted molar refractivity (Wildman–Crippen MR) is 77.8 cm³/mol. The van der Waals surface area contributed by atoms with Crippen LogP contribution in [0.3, 0.4) is 0 Å². The lowest BCUT2D eigenvalue weighted by molar-refractivity contribution is 0.397. The topological polar surface area (TPSA) is 15.3 Å². The van der Waals surface area contributed by atoms with Crippen molar-refractivity contribution in [3.8, 4) is 0 Å². The minimum absolute atomic E-state index is 0.562. The summed E-state index contributed by atoms with van der Waals surface area (Å²) in [5.41, 5.74) is 2.65. The highest BCUT2D eigenvalue weighted by atomic mass is 79.9. The number of nitrogens with zero attached hydrogens (tertiary/aromatic N) is 1. The van der Waals surface area contributed by atoms with Gasteiger partial charge < -0.3 is 10.2 Å². The Morgan fingerprint density at radius 3 is 2.82 bits per heavy atom. The van der Waals surface area contributed by atoms with Gasteiger partial charge in [-0.3, -0.25) is 0 Å². The fourth-order valence-electron chi connectivity index (χ4n) is 2.45. The highest BCUT2D eigenvalue weighted by molar-refractivity contribution is 9.10. The van der Waals surface area contributed by atoms with Gasteiger partial charge in [-0.05, 0) is 44.0 Å². The van der Waals surface area contributed by atoms with Crippen molar-refractivity contribution in [3.05, 3.63) is 28.2 Å². The second kappa shape index (κ2) is 5.40. The molecule has 1 aromatic carbocycles. The van der Waals surface area contributed by atoms with Gasteiger partial charge in [-0.1, -0.05) is 22.9 Å². The van der Waals surface area contributed by atoms with E-state index in [1.807, 2.05) is 0 Å². The highest BCUT2D eigenvalue weighted by Gasteiger charge is 2.24. The van der Waals surface area contributed by atoms with Crippen LogP contribution in [0, 0.1) is 6.92 Å². The Morgan fingerprint density at radius 2 is 2.18 bits per heavy atom. The molecule has 1 aromatic rings. The first kappa shape index (κ1) is 12.9. The molecule has 0 spiro atoms. The number of hydrogen-bond acceptors (Lipinski definition) is 2. The summed E-state index contributed by atoms with van der Waals surface area (Å²) in [5, 5.41) is 3.59. The highest BCUT2D eigenvalue weighted by Crippen LogP contribution is 2.25. The molecule has 0 bridgehead atoms. The van der Waals surface area contributed by atoms with Crippen LogP contribution >= 0.6 is 15.9 Å². The summed E-state index contributed by atoms with van der Waals surface area (Å²) < 4.78 is 1.17. The molecular formula is C14H21BrN2. The van der Waals surface area contributed by atoms with E-state index in [0.29, 0.717) is 12.1 Å². The number of nitrogens with one attached hydrogen (secondary N) is 1. The van der Waals surface area contributed by atoms with Gasteiger partial charge in [0.05, 0.1) is 0 Å². The molecule has 17 heavy (non-hydrogen) atoms. The van der Waals surface area contributed by atoms with Crippen LogP contribution in [0.25, 0.3) is 0 Å². The molecule has 0 saturated carbocycles. The predicted octanol–water partition coefficient (Wildman–Crippen LogP) is 3.33. The quantitative estimate of drug-likeness (QED) is 0.900. The van der Waals surface area contributed by atoms with E-state index in [9.17, 15) is 0 Å². The van der Waals surface area contributed by atoms with Crippen molar-refractivity contribution in [2.75, 3.05) is 18.0 Å². The molecule has 1 heterocycles. The first-order chi connectivity index (χ1) is 8.10. The summed E-state index contributed by atoms with van der Waals surface area (Å²) in [7, 11) is 0. The molecule has 1 N–H and O–H groups in total. The maximum Gasteiger partial charge on any atom is 0.0387 e. The number of piperazine rings is 1. The number of hydrogen-bond donors (Lipinski definition) is 1. The smallest absolute Gasteiger partial charge is 0.0387 e. The van der Waals surface area contributed by atoms with E-state index in [-0.39, 0.29) is 0 Å². The zero-order chi connectivity index (χ0) is 12.4. The number of benzene rings is 1. The van der Waals surface area contributed by atoms with Crippen molar-refractivity contribution in [2.45, 2.75) is 39.3 Å². The van der Waals surface area contributed by atoms with Crippen molar-refractivity contribution in [1.82, 2.24) is 5.32 Å². The van der Waals surface area contributed by atoms with Crippen LogP contribution in [0.1, 0.15) is 25.8 Å². The average Bonchev–Trinajstić information content (AvgIpc) is 2.28. The van der Waals surface area contributed by atoms with Crippen molar-refractivity contribution in [1.29, 1.82) is 0 Å². The van der Waals surface area contributed by atoms with Crippen LogP contribution in [0.5, 0.6) is 0 Å². The molecule has 3 heteroatoms. The van der Waals surface area contributed by atoms with E-state index in [4.69, 9.17) is 0 Å². The van der Waals surface area contributed by atoms with E-state index in [1.165, 1.54) is 22.1 Å². The molecular weight excluding hydrogens is 276 g/mol. The third kappa shape index (κ3) is 3.02. The van der Waals surface area contributed by atoms with Crippen molar-refractivity contribution >= 4 is 21.6 Å². The molecule has 2 unspecified atom stereocenters. The molecule has 0 radical (unpaired) electrons. The van der Waals surface area contributed by atoms with Gasteiger partial charge in [0.15, 0.2) is 0 Å². The second-order valence-corrected chi connectivity index (χ2v) is 5.92. The number of rotatable bonds is 2. The average molecular weight is 297 g/mol. The van der Waals surface area contributed by atoms with E-state index < -0.39 is 0 Å². The van der Waals surface area contributed by atoms with E-state index in [0.717, 1.165) is 13.1 Å². The number of halogens is 1. The van der Waals surface area contributed by atoms with Gasteiger partial charge in [0.1, 0.15) is 0 Å². The third-order valence-corrected chi connectivity index (χ3v) is 3.96. The summed E-state index contributed by atoms with van der Waals surface area (Å²) in [5.74, 6) is 0. The lowest BCUT2D eigenvalue weighted by Crippen LogP contribution is -2.55. The Balaban J connectivity index is 2.24. The van der Waals surface area contributed by atoms with Gasteiger partial charge in [0.2, 0.25) is 0 Å². The van der Waals surface area contributed by atoms with Gasteiger partial charge in [-0.2, -0.15) is 0 Å². The molecule has 1 aliphatic rings. The van der Waals surface area contributed by atoms with Crippen LogP contribution in [-0.2, 0) is 0 Å². The Labute approximate surface area is 113 Å². The number of anilines is 1. The summed E-state index contributed by atoms with van der Waals surface area (Å²) >= 11 is 3.59. The Bertz CT molecular complexity index is 372. The largest absolute Gasteiger partial charge is 0.366 e. The summed E-state index contributed by atoms with van der Waals surface area (Å²) in [6, 6.07) is 7.84. The molecule has 2 atom stereocenters. The molecule has 94 valence electrons. The summed E-state index contributed by atoms with van der Waals surface area (Å²) in [4.78, 5) is 2.52. The Kier molecular flexibility index (Phi) is 4.10. The van der Waals surface area contributed by atoms with Gasteiger partial charge in [0.25, 0.3) is 0 Å². The van der Waals surface area contributed by atoms with Crippen LogP contribution in [0.2, 0.25) is 0 Å². The van der Waals surface area contributed by atoms with Gasteiger partial charge >= 0.3 is 0 Å². The normalized spacial score (nSPS) is 25.1. The second-order valence-electron chi connectivity index (χ2n) is 5.00. The maximum absolute atomic E-state index is 3.59. The Morgan fingerprint density at radius 1 is 1.41 bits per heavy atom. The molecule has 1 fully saturated rings. The SMILES string of the molecule is CCC1CN(c2cc(C)cc(Br)c2)C(C)CN1. The van der Waals surface area contributed by atoms with Crippen LogP contribution in [0.15, 0.2) is 22.7 Å². The van der Waals surface area contributed by atoms with Crippen molar-refractivity contribution in [3.63, 3.8) is 0 Å². The molecule has 1 aliphatic heterocycles. The first-order valence-corrected chi connectivity index (χ1v) is 7.16. The first-order valence-electron chi connectivity index (χ1n) is 6.37. The monoisotopic (exact) mass is 296 g/mol. The van der Waals surface area contributed by atoms with Gasteiger partial charge in [-0.25, -0.2) is 0 Å². The van der Waals surface area contributed by atoms with Gasteiger partial charge in [-0.15, -0.1) is 0 Å². The third-order valence-electron chi connectivity index (χ3n) is 3.50. The fourth-order valence-corrected chi connectivity index (χ4v) is 3.04. The van der Waals surface area contributed by atoms with E-state index in [2.05, 4.69) is 65.1 Å². The molecule has 0 aliphatic carbocycles. The van der Waals surface area contributed by atoms with E-state index >= 15 is 0 Å². The summed E-state index contributed by atoms with van der Waals surface area (Å²) in [6.45, 7) is 8.86. The molecule has 2 nitrogen and oxygen atoms in total. The maximum atomic E-state index is 3.59. The lowest BCUT2D eigenvalue weighted by Gasteiger charge is -2.40. The van der Waals surface area contributed by atoms with Crippen molar-refractivity contribution < 1.29 is 0 Å². The minimum Gasteiger partial charge on any atom is -0.366 e. The van der Waals surface area contributed by atoms with E-state index in [1.54, 1.807) is 0 Å². The zero-order valence-corrected chi connectivity index (χ0v) is 12.4. The summed E-state index contributed by atoms with van der Waals surface area (Å²) in [6.07, 6.45) is 1.19. The van der Waals surface area contributed by atoms with Crippen LogP contribution in [0.4, 0.5) is 5.69 Å². The minimum atomic E-state index is 0.562. The lowest BCUT2D eigenvalue weighted by atomic mass is 10.1. The van der Waals surface area contributed by atoms with Crippen LogP contribution in [-0.4, -0.2) is 25.2 Å². The Hall–Kier alpha value is -0.540. The van der Waals surface area contributed by atoms with Crippen molar-refractivity contribution in [2.24, 2.45) is 0 Å². The molecule has 1 saturated heterocycles. The zero-order valence-electron chi connectivity index (χ0n) is 10.8. The van der Waals surface area contributed by atoms with Gasteiger partial charge in [0, 0.05) is 35.3 Å². The molecule has 2 rings (SSSR count). The van der Waals surface area contributed by atoms with Crippen LogP contribution < -0.4 is 10.2 Å². The molecule has 0 amide bonds. The number of aryl methyl sites for hydroxylation is 1. The molecule has 0 aromatic heterocycles. The fraction of sp³-hybridized carbons (Fsp3) is 0.571. The standard InChI is InChI=1S/C14H21BrN2/c1-4-13-9-17(11(3)8-16-13)14-6-10(2)5-12(15)7-14/h5-7,11,13,16H,4,8-9H2,1-3H3.